The van der Waals surface area contributed by atoms with E-state index in [0.717, 1.165) is 30.9 Å². The molecule has 0 bridgehead atoms. The highest BCUT2D eigenvalue weighted by molar-refractivity contribution is 5.77. The first-order valence-electron chi connectivity index (χ1n) is 10.7. The lowest BCUT2D eigenvalue weighted by Gasteiger charge is -2.50. The Morgan fingerprint density at radius 2 is 1.76 bits per heavy atom. The Hall–Kier alpha value is -1.99. The zero-order chi connectivity index (χ0) is 20.7. The molecule has 2 heterocycles. The van der Waals surface area contributed by atoms with Crippen molar-refractivity contribution in [1.29, 1.82) is 0 Å². The minimum absolute atomic E-state index is 0.191. The number of piperidine rings is 2. The molecular formula is C22H37N5O2. The van der Waals surface area contributed by atoms with E-state index in [1.54, 1.807) is 14.2 Å². The van der Waals surface area contributed by atoms with E-state index in [-0.39, 0.29) is 5.54 Å². The average Bonchev–Trinajstić information content (AvgIpc) is 2.78. The first-order valence-corrected chi connectivity index (χ1v) is 10.7. The van der Waals surface area contributed by atoms with Gasteiger partial charge in [-0.15, -0.1) is 0 Å². The average molecular weight is 404 g/mol. The summed E-state index contributed by atoms with van der Waals surface area (Å²) in [5.41, 5.74) is 7.47. The molecule has 0 amide bonds. The molecular weight excluding hydrogens is 366 g/mol. The molecule has 2 saturated heterocycles. The summed E-state index contributed by atoms with van der Waals surface area (Å²) in [7, 11) is 5.49. The van der Waals surface area contributed by atoms with E-state index >= 15 is 0 Å². The van der Waals surface area contributed by atoms with Crippen molar-refractivity contribution in [3.8, 4) is 11.5 Å². The maximum Gasteiger partial charge on any atom is 0.188 e. The molecule has 0 spiro atoms. The van der Waals surface area contributed by atoms with Gasteiger partial charge in [-0.3, -0.25) is 4.90 Å². The van der Waals surface area contributed by atoms with Crippen molar-refractivity contribution in [2.45, 2.75) is 44.2 Å². The quantitative estimate of drug-likeness (QED) is 0.536. The number of nitrogens with one attached hydrogen (secondary N) is 1. The van der Waals surface area contributed by atoms with Gasteiger partial charge in [0.15, 0.2) is 17.5 Å². The highest BCUT2D eigenvalue weighted by atomic mass is 16.5. The Morgan fingerprint density at radius 3 is 2.41 bits per heavy atom. The molecule has 1 aromatic carbocycles. The van der Waals surface area contributed by atoms with Crippen molar-refractivity contribution in [2.24, 2.45) is 10.7 Å². The first kappa shape index (κ1) is 21.7. The summed E-state index contributed by atoms with van der Waals surface area (Å²) in [6, 6.07) is 5.84. The number of methoxy groups -OCH3 is 2. The Bertz CT molecular complexity index is 680. The van der Waals surface area contributed by atoms with E-state index in [1.807, 2.05) is 18.2 Å². The lowest BCUT2D eigenvalue weighted by Crippen LogP contribution is -2.61. The molecule has 0 atom stereocenters. The molecule has 29 heavy (non-hydrogen) atoms. The maximum absolute atomic E-state index is 6.24. The van der Waals surface area contributed by atoms with Gasteiger partial charge in [-0.1, -0.05) is 12.5 Å². The van der Waals surface area contributed by atoms with Crippen molar-refractivity contribution in [3.05, 3.63) is 23.8 Å². The Kier molecular flexibility index (Phi) is 7.61. The van der Waals surface area contributed by atoms with Crippen molar-refractivity contribution in [1.82, 2.24) is 15.1 Å². The number of rotatable bonds is 7. The smallest absolute Gasteiger partial charge is 0.188 e. The van der Waals surface area contributed by atoms with Gasteiger partial charge in [-0.05, 0) is 76.6 Å². The van der Waals surface area contributed by atoms with E-state index in [4.69, 9.17) is 15.2 Å². The molecule has 162 valence electrons. The van der Waals surface area contributed by atoms with E-state index in [2.05, 4.69) is 27.2 Å². The fourth-order valence-corrected chi connectivity index (χ4v) is 4.47. The van der Waals surface area contributed by atoms with Crippen LogP contribution in [0, 0.1) is 0 Å². The number of ether oxygens (including phenoxy) is 2. The summed E-state index contributed by atoms with van der Waals surface area (Å²) in [5, 5.41) is 3.44. The molecule has 7 heteroatoms. The third kappa shape index (κ3) is 5.54. The Labute approximate surface area is 175 Å². The summed E-state index contributed by atoms with van der Waals surface area (Å²) in [5.74, 6) is 1.94. The minimum atomic E-state index is 0.191. The molecule has 2 aliphatic rings. The van der Waals surface area contributed by atoms with Crippen LogP contribution in [0.5, 0.6) is 11.5 Å². The molecule has 0 radical (unpaired) electrons. The zero-order valence-corrected chi connectivity index (χ0v) is 18.2. The molecule has 3 rings (SSSR count). The van der Waals surface area contributed by atoms with Gasteiger partial charge >= 0.3 is 0 Å². The normalized spacial score (nSPS) is 21.0. The van der Waals surface area contributed by atoms with Crippen LogP contribution >= 0.6 is 0 Å². The zero-order valence-electron chi connectivity index (χ0n) is 18.2. The van der Waals surface area contributed by atoms with E-state index < -0.39 is 0 Å². The van der Waals surface area contributed by atoms with Gasteiger partial charge < -0.3 is 25.4 Å². The topological polar surface area (TPSA) is 75.4 Å². The van der Waals surface area contributed by atoms with Crippen LogP contribution < -0.4 is 20.5 Å². The first-order chi connectivity index (χ1) is 14.1. The van der Waals surface area contributed by atoms with Gasteiger partial charge in [0.05, 0.1) is 20.8 Å². The molecule has 0 saturated carbocycles. The summed E-state index contributed by atoms with van der Waals surface area (Å²) >= 11 is 0. The van der Waals surface area contributed by atoms with Crippen LogP contribution in [0.1, 0.15) is 37.7 Å². The largest absolute Gasteiger partial charge is 0.493 e. The van der Waals surface area contributed by atoms with Crippen LogP contribution in [-0.2, 0) is 6.54 Å². The van der Waals surface area contributed by atoms with E-state index in [0.29, 0.717) is 18.3 Å². The number of hydrogen-bond acceptors (Lipinski definition) is 5. The highest BCUT2D eigenvalue weighted by Crippen LogP contribution is 2.31. The van der Waals surface area contributed by atoms with Gasteiger partial charge in [-0.25, -0.2) is 4.99 Å². The van der Waals surface area contributed by atoms with E-state index in [9.17, 15) is 0 Å². The van der Waals surface area contributed by atoms with Crippen LogP contribution in [-0.4, -0.2) is 75.3 Å². The van der Waals surface area contributed by atoms with Gasteiger partial charge in [0.2, 0.25) is 0 Å². The number of nitrogens with two attached hydrogens (primary N) is 1. The summed E-state index contributed by atoms with van der Waals surface area (Å²) in [6.45, 7) is 6.06. The molecule has 1 aromatic rings. The van der Waals surface area contributed by atoms with Crippen LogP contribution in [0.3, 0.4) is 0 Å². The number of likely N-dealkylation sites (tertiary alicyclic amines) is 2. The Morgan fingerprint density at radius 1 is 1.07 bits per heavy atom. The number of benzene rings is 1. The minimum Gasteiger partial charge on any atom is -0.493 e. The molecule has 0 aliphatic carbocycles. The molecule has 3 N–H and O–H groups in total. The fourth-order valence-electron chi connectivity index (χ4n) is 4.47. The molecule has 2 fully saturated rings. The number of guanidine groups is 1. The van der Waals surface area contributed by atoms with Crippen LogP contribution in [0.2, 0.25) is 0 Å². The van der Waals surface area contributed by atoms with Crippen molar-refractivity contribution in [3.63, 3.8) is 0 Å². The number of hydrogen-bond donors (Lipinski definition) is 2. The van der Waals surface area contributed by atoms with Gasteiger partial charge in [0.1, 0.15) is 0 Å². The summed E-state index contributed by atoms with van der Waals surface area (Å²) in [4.78, 5) is 9.69. The van der Waals surface area contributed by atoms with Gasteiger partial charge in [0.25, 0.3) is 0 Å². The van der Waals surface area contributed by atoms with Gasteiger partial charge in [-0.2, -0.15) is 0 Å². The monoisotopic (exact) mass is 403 g/mol. The van der Waals surface area contributed by atoms with Crippen LogP contribution in [0.25, 0.3) is 0 Å². The predicted molar refractivity (Wildman–Crippen MR) is 118 cm³/mol. The van der Waals surface area contributed by atoms with Crippen LogP contribution in [0.4, 0.5) is 0 Å². The van der Waals surface area contributed by atoms with E-state index in [1.165, 1.54) is 45.2 Å². The maximum atomic E-state index is 6.24. The molecule has 2 aliphatic heterocycles. The number of nitrogens with zero attached hydrogens (tertiary/aromatic N) is 3. The predicted octanol–water partition coefficient (Wildman–Crippen LogP) is 2.06. The number of aliphatic imine (C=N–C) groups is 1. The summed E-state index contributed by atoms with van der Waals surface area (Å²) < 4.78 is 10.7. The Balaban J connectivity index is 1.61. The second kappa shape index (κ2) is 10.2. The third-order valence-electron chi connectivity index (χ3n) is 6.42. The third-order valence-corrected chi connectivity index (χ3v) is 6.42. The second-order valence-corrected chi connectivity index (χ2v) is 8.32. The SMILES string of the molecule is COc1ccc(CN=C(N)NCC2(N3CCCCC3)CCN(C)CC2)cc1OC. The standard InChI is InChI=1S/C22H37N5O2/c1-26-13-9-22(10-14-26,27-11-5-4-6-12-27)17-25-21(23)24-16-18-7-8-19(28-2)20(15-18)29-3/h7-8,15H,4-6,9-14,16-17H2,1-3H3,(H3,23,24,25). The van der Waals surface area contributed by atoms with Crippen molar-refractivity contribution >= 4 is 5.96 Å². The van der Waals surface area contributed by atoms with Crippen molar-refractivity contribution < 1.29 is 9.47 Å². The second-order valence-electron chi connectivity index (χ2n) is 8.32. The van der Waals surface area contributed by atoms with Crippen LogP contribution in [0.15, 0.2) is 23.2 Å². The molecule has 0 aromatic heterocycles. The lowest BCUT2D eigenvalue weighted by molar-refractivity contribution is 0.0174. The fraction of sp³-hybridized carbons (Fsp3) is 0.682. The summed E-state index contributed by atoms with van der Waals surface area (Å²) in [6.07, 6.45) is 6.33. The molecule has 7 nitrogen and oxygen atoms in total. The highest BCUT2D eigenvalue weighted by Gasteiger charge is 2.39. The van der Waals surface area contributed by atoms with Crippen molar-refractivity contribution in [2.75, 3.05) is 54.0 Å². The van der Waals surface area contributed by atoms with Gasteiger partial charge in [0, 0.05) is 12.1 Å². The molecule has 0 unspecified atom stereocenters. The lowest BCUT2D eigenvalue weighted by atomic mass is 9.84.